The van der Waals surface area contributed by atoms with E-state index in [0.29, 0.717) is 0 Å². The van der Waals surface area contributed by atoms with E-state index in [4.69, 9.17) is 9.47 Å². The maximum atomic E-state index is 5.34. The Kier molecular flexibility index (Phi) is 5.49. The molecule has 2 rings (SSSR count). The Morgan fingerprint density at radius 2 is 1.60 bits per heavy atom. The summed E-state index contributed by atoms with van der Waals surface area (Å²) in [6.07, 6.45) is 0.919. The fourth-order valence-electron chi connectivity index (χ4n) is 1.99. The molecule has 0 heterocycles. The van der Waals surface area contributed by atoms with Crippen LogP contribution < -0.4 is 9.47 Å². The molecule has 0 amide bonds. The number of alkyl halides is 1. The smallest absolute Gasteiger partial charge is 0.161 e. The molecular weight excluding hydrogens is 384 g/mol. The average Bonchev–Trinajstić information content (AvgIpc) is 2.48. The number of halogens is 2. The van der Waals surface area contributed by atoms with Crippen LogP contribution in [-0.4, -0.2) is 14.2 Å². The highest BCUT2D eigenvalue weighted by atomic mass is 79.9. The van der Waals surface area contributed by atoms with Crippen LogP contribution in [0.5, 0.6) is 11.5 Å². The van der Waals surface area contributed by atoms with Crippen molar-refractivity contribution in [2.45, 2.75) is 11.2 Å². The second-order valence-corrected chi connectivity index (χ2v) is 6.43. The highest BCUT2D eigenvalue weighted by Crippen LogP contribution is 2.34. The van der Waals surface area contributed by atoms with Crippen LogP contribution in [0.2, 0.25) is 0 Å². The monoisotopic (exact) mass is 398 g/mol. The first-order valence-electron chi connectivity index (χ1n) is 6.24. The number of methoxy groups -OCH3 is 2. The number of hydrogen-bond donors (Lipinski definition) is 0. The third-order valence-electron chi connectivity index (χ3n) is 3.10. The van der Waals surface area contributed by atoms with E-state index in [1.807, 2.05) is 12.1 Å². The molecule has 2 aromatic carbocycles. The first-order chi connectivity index (χ1) is 9.63. The van der Waals surface area contributed by atoms with E-state index < -0.39 is 0 Å². The summed E-state index contributed by atoms with van der Waals surface area (Å²) in [5, 5.41) is 0. The molecule has 0 aliphatic carbocycles. The van der Waals surface area contributed by atoms with Gasteiger partial charge in [-0.25, -0.2) is 0 Å². The predicted octanol–water partition coefficient (Wildman–Crippen LogP) is 5.15. The lowest BCUT2D eigenvalue weighted by atomic mass is 10.0. The quantitative estimate of drug-likeness (QED) is 0.647. The molecule has 4 heteroatoms. The summed E-state index contributed by atoms with van der Waals surface area (Å²) in [6.45, 7) is 0. The molecule has 0 aliphatic heterocycles. The van der Waals surface area contributed by atoms with Crippen molar-refractivity contribution in [3.05, 3.63) is 58.1 Å². The SMILES string of the molecule is COc1ccc(C(Br)Cc2ccc(Br)cc2)cc1OC. The van der Waals surface area contributed by atoms with Gasteiger partial charge in [0.2, 0.25) is 0 Å². The summed E-state index contributed by atoms with van der Waals surface area (Å²) in [5.41, 5.74) is 2.45. The van der Waals surface area contributed by atoms with Crippen molar-refractivity contribution in [3.8, 4) is 11.5 Å². The largest absolute Gasteiger partial charge is 0.493 e. The lowest BCUT2D eigenvalue weighted by Crippen LogP contribution is -1.97. The van der Waals surface area contributed by atoms with E-state index in [9.17, 15) is 0 Å². The van der Waals surface area contributed by atoms with Crippen LogP contribution in [0.15, 0.2) is 46.9 Å². The zero-order valence-corrected chi connectivity index (χ0v) is 14.6. The van der Waals surface area contributed by atoms with Crippen molar-refractivity contribution >= 4 is 31.9 Å². The third-order valence-corrected chi connectivity index (χ3v) is 4.48. The van der Waals surface area contributed by atoms with Crippen LogP contribution in [-0.2, 0) is 6.42 Å². The van der Waals surface area contributed by atoms with E-state index in [-0.39, 0.29) is 4.83 Å². The zero-order valence-electron chi connectivity index (χ0n) is 11.4. The molecule has 106 valence electrons. The molecule has 0 radical (unpaired) electrons. The molecule has 0 spiro atoms. The molecule has 0 aliphatic rings. The van der Waals surface area contributed by atoms with Crippen molar-refractivity contribution in [3.63, 3.8) is 0 Å². The van der Waals surface area contributed by atoms with Crippen LogP contribution in [0.1, 0.15) is 16.0 Å². The summed E-state index contributed by atoms with van der Waals surface area (Å²) in [5.74, 6) is 1.50. The van der Waals surface area contributed by atoms with Gasteiger partial charge in [-0.05, 0) is 41.8 Å². The van der Waals surface area contributed by atoms with E-state index in [1.165, 1.54) is 11.1 Å². The fourth-order valence-corrected chi connectivity index (χ4v) is 2.92. The number of hydrogen-bond acceptors (Lipinski definition) is 2. The van der Waals surface area contributed by atoms with Crippen molar-refractivity contribution < 1.29 is 9.47 Å². The maximum Gasteiger partial charge on any atom is 0.161 e. The van der Waals surface area contributed by atoms with Crippen LogP contribution in [0, 0.1) is 0 Å². The number of rotatable bonds is 5. The minimum atomic E-state index is 0.239. The first kappa shape index (κ1) is 15.4. The Morgan fingerprint density at radius 3 is 2.20 bits per heavy atom. The number of benzene rings is 2. The highest BCUT2D eigenvalue weighted by Gasteiger charge is 2.12. The van der Waals surface area contributed by atoms with Gasteiger partial charge in [-0.15, -0.1) is 0 Å². The molecule has 1 atom stereocenters. The minimum absolute atomic E-state index is 0.239. The Bertz CT molecular complexity index is 567. The molecule has 0 saturated carbocycles. The van der Waals surface area contributed by atoms with Gasteiger partial charge in [-0.2, -0.15) is 0 Å². The van der Waals surface area contributed by atoms with Crippen LogP contribution >= 0.6 is 31.9 Å². The first-order valence-corrected chi connectivity index (χ1v) is 7.95. The Hall–Kier alpha value is -1.00. The third kappa shape index (κ3) is 3.76. The topological polar surface area (TPSA) is 18.5 Å². The fraction of sp³-hybridized carbons (Fsp3) is 0.250. The van der Waals surface area contributed by atoms with Crippen LogP contribution in [0.4, 0.5) is 0 Å². The van der Waals surface area contributed by atoms with Crippen LogP contribution in [0.25, 0.3) is 0 Å². The van der Waals surface area contributed by atoms with Crippen molar-refractivity contribution in [1.82, 2.24) is 0 Å². The normalized spacial score (nSPS) is 12.0. The van der Waals surface area contributed by atoms with Gasteiger partial charge in [0.15, 0.2) is 11.5 Å². The van der Waals surface area contributed by atoms with Crippen molar-refractivity contribution in [2.75, 3.05) is 14.2 Å². The van der Waals surface area contributed by atoms with Gasteiger partial charge in [-0.1, -0.05) is 50.1 Å². The molecule has 20 heavy (non-hydrogen) atoms. The summed E-state index contributed by atoms with van der Waals surface area (Å²) in [6, 6.07) is 14.4. The molecule has 2 nitrogen and oxygen atoms in total. The lowest BCUT2D eigenvalue weighted by molar-refractivity contribution is 0.354. The van der Waals surface area contributed by atoms with Gasteiger partial charge in [-0.3, -0.25) is 0 Å². The van der Waals surface area contributed by atoms with Gasteiger partial charge in [0, 0.05) is 9.30 Å². The van der Waals surface area contributed by atoms with Gasteiger partial charge >= 0.3 is 0 Å². The van der Waals surface area contributed by atoms with Gasteiger partial charge in [0.25, 0.3) is 0 Å². The minimum Gasteiger partial charge on any atom is -0.493 e. The van der Waals surface area contributed by atoms with Gasteiger partial charge < -0.3 is 9.47 Å². The van der Waals surface area contributed by atoms with Crippen molar-refractivity contribution in [1.29, 1.82) is 0 Å². The Balaban J connectivity index is 2.16. The van der Waals surface area contributed by atoms with E-state index in [2.05, 4.69) is 62.2 Å². The van der Waals surface area contributed by atoms with Gasteiger partial charge in [0.05, 0.1) is 14.2 Å². The predicted molar refractivity (Wildman–Crippen MR) is 89.1 cm³/mol. The molecular formula is C16H16Br2O2. The summed E-state index contributed by atoms with van der Waals surface area (Å²) < 4.78 is 11.7. The highest BCUT2D eigenvalue weighted by molar-refractivity contribution is 9.10. The summed E-state index contributed by atoms with van der Waals surface area (Å²) >= 11 is 7.19. The molecule has 0 aromatic heterocycles. The molecule has 0 bridgehead atoms. The van der Waals surface area contributed by atoms with Gasteiger partial charge in [0.1, 0.15) is 0 Å². The Morgan fingerprint density at radius 1 is 0.950 bits per heavy atom. The molecule has 0 saturated heterocycles. The van der Waals surface area contributed by atoms with Crippen molar-refractivity contribution in [2.24, 2.45) is 0 Å². The molecule has 2 aromatic rings. The van der Waals surface area contributed by atoms with Crippen LogP contribution in [0.3, 0.4) is 0 Å². The molecule has 1 unspecified atom stereocenters. The van der Waals surface area contributed by atoms with E-state index >= 15 is 0 Å². The summed E-state index contributed by atoms with van der Waals surface area (Å²) in [7, 11) is 3.30. The lowest BCUT2D eigenvalue weighted by Gasteiger charge is -2.14. The molecule has 0 N–H and O–H groups in total. The standard InChI is InChI=1S/C16H16Br2O2/c1-19-15-8-5-12(10-16(15)20-2)14(18)9-11-3-6-13(17)7-4-11/h3-8,10,14H,9H2,1-2H3. The molecule has 0 fully saturated rings. The van der Waals surface area contributed by atoms with E-state index in [0.717, 1.165) is 22.4 Å². The second kappa shape index (κ2) is 7.14. The Labute approximate surface area is 136 Å². The number of ether oxygens (including phenoxy) is 2. The average molecular weight is 400 g/mol. The zero-order chi connectivity index (χ0) is 14.5. The maximum absolute atomic E-state index is 5.34. The van der Waals surface area contributed by atoms with E-state index in [1.54, 1.807) is 14.2 Å². The summed E-state index contributed by atoms with van der Waals surface area (Å²) in [4.78, 5) is 0.239. The second-order valence-electron chi connectivity index (χ2n) is 4.41.